The Morgan fingerprint density at radius 3 is 2.18 bits per heavy atom. The van der Waals surface area contributed by atoms with E-state index in [1.807, 2.05) is 6.07 Å². The molecule has 2 aromatic carbocycles. The van der Waals surface area contributed by atoms with Crippen molar-refractivity contribution in [3.8, 4) is 0 Å². The van der Waals surface area contributed by atoms with Crippen molar-refractivity contribution >= 4 is 21.9 Å². The molecule has 0 fully saturated rings. The Balaban J connectivity index is 1.88. The van der Waals surface area contributed by atoms with E-state index in [1.54, 1.807) is 19.2 Å². The topological polar surface area (TPSA) is 36.4 Å². The highest BCUT2D eigenvalue weighted by Crippen LogP contribution is 2.14. The molecule has 0 atom stereocenters. The number of benzene rings is 2. The third kappa shape index (κ3) is 5.11. The summed E-state index contributed by atoms with van der Waals surface area (Å²) < 4.78 is 26.8. The summed E-state index contributed by atoms with van der Waals surface area (Å²) in [4.78, 5) is 4.10. The monoisotopic (exact) mass is 367 g/mol. The number of hydrogen-bond acceptors (Lipinski definition) is 1. The number of aliphatic imine (C=N–C) groups is 1. The lowest BCUT2D eigenvalue weighted by Gasteiger charge is -2.12. The van der Waals surface area contributed by atoms with Crippen LogP contribution in [0.5, 0.6) is 0 Å². The zero-order chi connectivity index (χ0) is 15.9. The van der Waals surface area contributed by atoms with Gasteiger partial charge in [-0.05, 0) is 41.5 Å². The van der Waals surface area contributed by atoms with Gasteiger partial charge in [0.25, 0.3) is 0 Å². The molecular formula is C16H16BrF2N3. The average Bonchev–Trinajstić information content (AvgIpc) is 2.48. The summed E-state index contributed by atoms with van der Waals surface area (Å²) in [6.45, 7) is 0.965. The number of halogens is 3. The Bertz CT molecular complexity index is 637. The highest BCUT2D eigenvalue weighted by atomic mass is 79.9. The molecule has 0 bridgehead atoms. The summed E-state index contributed by atoms with van der Waals surface area (Å²) in [7, 11) is 1.65. The molecule has 6 heteroatoms. The lowest BCUT2D eigenvalue weighted by molar-refractivity contribution is 0.623. The lowest BCUT2D eigenvalue weighted by atomic mass is 10.2. The quantitative estimate of drug-likeness (QED) is 0.639. The van der Waals surface area contributed by atoms with Crippen LogP contribution < -0.4 is 10.6 Å². The molecule has 2 rings (SSSR count). The molecule has 2 N–H and O–H groups in total. The van der Waals surface area contributed by atoms with E-state index in [-0.39, 0.29) is 11.6 Å². The molecule has 0 saturated heterocycles. The Kier molecular flexibility index (Phi) is 5.89. The van der Waals surface area contributed by atoms with E-state index in [4.69, 9.17) is 0 Å². The molecule has 22 heavy (non-hydrogen) atoms. The second kappa shape index (κ2) is 7.89. The molecule has 0 saturated carbocycles. The van der Waals surface area contributed by atoms with Crippen molar-refractivity contribution in [3.63, 3.8) is 0 Å². The zero-order valence-electron chi connectivity index (χ0n) is 12.0. The van der Waals surface area contributed by atoms with Gasteiger partial charge in [0.1, 0.15) is 11.6 Å². The standard InChI is InChI=1S/C16H16BrF2N3/c1-20-16(21-9-11-2-4-14(18)5-3-11)22-10-12-6-13(17)8-15(19)7-12/h2-8H,9-10H2,1H3,(H2,20,21,22). The first-order chi connectivity index (χ1) is 10.6. The molecule has 0 spiro atoms. The minimum atomic E-state index is -0.291. The van der Waals surface area contributed by atoms with Gasteiger partial charge >= 0.3 is 0 Å². The second-order valence-electron chi connectivity index (χ2n) is 4.68. The van der Waals surface area contributed by atoms with Crippen molar-refractivity contribution in [1.82, 2.24) is 10.6 Å². The first-order valence-electron chi connectivity index (χ1n) is 6.71. The first-order valence-corrected chi connectivity index (χ1v) is 7.50. The van der Waals surface area contributed by atoms with Gasteiger partial charge in [-0.25, -0.2) is 8.78 Å². The van der Waals surface area contributed by atoms with Gasteiger partial charge in [-0.15, -0.1) is 0 Å². The maximum Gasteiger partial charge on any atom is 0.191 e. The second-order valence-corrected chi connectivity index (χ2v) is 5.60. The smallest absolute Gasteiger partial charge is 0.191 e. The van der Waals surface area contributed by atoms with Crippen molar-refractivity contribution in [2.24, 2.45) is 4.99 Å². The van der Waals surface area contributed by atoms with Crippen LogP contribution in [-0.2, 0) is 13.1 Å². The molecule has 3 nitrogen and oxygen atoms in total. The summed E-state index contributed by atoms with van der Waals surface area (Å²) in [6, 6.07) is 11.0. The van der Waals surface area contributed by atoms with Crippen LogP contribution in [0, 0.1) is 11.6 Å². The van der Waals surface area contributed by atoms with Gasteiger partial charge in [-0.1, -0.05) is 28.1 Å². The fourth-order valence-electron chi connectivity index (χ4n) is 1.91. The van der Waals surface area contributed by atoms with Crippen LogP contribution in [0.4, 0.5) is 8.78 Å². The molecule has 116 valence electrons. The van der Waals surface area contributed by atoms with E-state index < -0.39 is 0 Å². The van der Waals surface area contributed by atoms with E-state index in [0.29, 0.717) is 23.5 Å². The van der Waals surface area contributed by atoms with Crippen molar-refractivity contribution in [2.75, 3.05) is 7.05 Å². The maximum absolute atomic E-state index is 13.3. The molecule has 0 aliphatic heterocycles. The third-order valence-corrected chi connectivity index (χ3v) is 3.44. The molecule has 0 heterocycles. The molecule has 0 aromatic heterocycles. The van der Waals surface area contributed by atoms with E-state index in [2.05, 4.69) is 31.6 Å². The highest BCUT2D eigenvalue weighted by Gasteiger charge is 2.02. The fourth-order valence-corrected chi connectivity index (χ4v) is 2.42. The first kappa shape index (κ1) is 16.4. The summed E-state index contributed by atoms with van der Waals surface area (Å²) >= 11 is 3.26. The van der Waals surface area contributed by atoms with Crippen LogP contribution in [0.3, 0.4) is 0 Å². The lowest BCUT2D eigenvalue weighted by Crippen LogP contribution is -2.36. The van der Waals surface area contributed by atoms with Crippen molar-refractivity contribution in [1.29, 1.82) is 0 Å². The largest absolute Gasteiger partial charge is 0.352 e. The van der Waals surface area contributed by atoms with Crippen molar-refractivity contribution in [2.45, 2.75) is 13.1 Å². The molecule has 0 amide bonds. The van der Waals surface area contributed by atoms with E-state index in [0.717, 1.165) is 11.1 Å². The van der Waals surface area contributed by atoms with Crippen LogP contribution in [0.15, 0.2) is 51.9 Å². The van der Waals surface area contributed by atoms with Crippen molar-refractivity contribution in [3.05, 3.63) is 69.7 Å². The molecule has 0 radical (unpaired) electrons. The van der Waals surface area contributed by atoms with Gasteiger partial charge in [-0.2, -0.15) is 0 Å². The predicted molar refractivity (Wildman–Crippen MR) is 87.5 cm³/mol. The van der Waals surface area contributed by atoms with Gasteiger partial charge in [0, 0.05) is 24.6 Å². The minimum Gasteiger partial charge on any atom is -0.352 e. The fraction of sp³-hybridized carbons (Fsp3) is 0.188. The summed E-state index contributed by atoms with van der Waals surface area (Å²) in [5.74, 6) is 0.0353. The van der Waals surface area contributed by atoms with E-state index in [1.165, 1.54) is 24.3 Å². The van der Waals surface area contributed by atoms with Gasteiger partial charge in [0.15, 0.2) is 5.96 Å². The molecule has 2 aromatic rings. The SMILES string of the molecule is CN=C(NCc1ccc(F)cc1)NCc1cc(F)cc(Br)c1. The van der Waals surface area contributed by atoms with Gasteiger partial charge in [-0.3, -0.25) is 4.99 Å². The van der Waals surface area contributed by atoms with Crippen LogP contribution >= 0.6 is 15.9 Å². The number of nitrogens with zero attached hydrogens (tertiary/aromatic N) is 1. The molecule has 0 aliphatic rings. The number of rotatable bonds is 4. The number of guanidine groups is 1. The van der Waals surface area contributed by atoms with Crippen molar-refractivity contribution < 1.29 is 8.78 Å². The van der Waals surface area contributed by atoms with Crippen LogP contribution in [0.2, 0.25) is 0 Å². The summed E-state index contributed by atoms with van der Waals surface area (Å²) in [6.07, 6.45) is 0. The summed E-state index contributed by atoms with van der Waals surface area (Å²) in [5.41, 5.74) is 1.74. The average molecular weight is 368 g/mol. The van der Waals surface area contributed by atoms with Gasteiger partial charge < -0.3 is 10.6 Å². The maximum atomic E-state index is 13.3. The molecule has 0 aliphatic carbocycles. The van der Waals surface area contributed by atoms with Crippen LogP contribution in [-0.4, -0.2) is 13.0 Å². The number of nitrogens with one attached hydrogen (secondary N) is 2. The highest BCUT2D eigenvalue weighted by molar-refractivity contribution is 9.10. The Morgan fingerprint density at radius 1 is 0.955 bits per heavy atom. The zero-order valence-corrected chi connectivity index (χ0v) is 13.6. The molecular weight excluding hydrogens is 352 g/mol. The van der Waals surface area contributed by atoms with Crippen LogP contribution in [0.1, 0.15) is 11.1 Å². The van der Waals surface area contributed by atoms with Gasteiger partial charge in [0.2, 0.25) is 0 Å². The normalized spacial score (nSPS) is 11.4. The number of hydrogen-bond donors (Lipinski definition) is 2. The summed E-state index contributed by atoms with van der Waals surface area (Å²) in [5, 5.41) is 6.21. The van der Waals surface area contributed by atoms with E-state index >= 15 is 0 Å². The van der Waals surface area contributed by atoms with Crippen LogP contribution in [0.25, 0.3) is 0 Å². The molecule has 0 unspecified atom stereocenters. The minimum absolute atomic E-state index is 0.261. The van der Waals surface area contributed by atoms with E-state index in [9.17, 15) is 8.78 Å². The Labute approximate surface area is 136 Å². The van der Waals surface area contributed by atoms with Gasteiger partial charge in [0.05, 0.1) is 0 Å². The predicted octanol–water partition coefficient (Wildman–Crippen LogP) is 3.59. The third-order valence-electron chi connectivity index (χ3n) is 2.98. The Hall–Kier alpha value is -1.95. The Morgan fingerprint density at radius 2 is 1.59 bits per heavy atom.